The third-order valence-electron chi connectivity index (χ3n) is 0.717. The molecule has 1 aromatic rings. The van der Waals surface area contributed by atoms with Crippen LogP contribution in [-0.2, 0) is 4.79 Å². The molecule has 62 valence electrons. The predicted molar refractivity (Wildman–Crippen MR) is 38.4 cm³/mol. The van der Waals surface area contributed by atoms with Crippen molar-refractivity contribution in [2.45, 2.75) is 13.8 Å². The maximum absolute atomic E-state index is 9.00. The summed E-state index contributed by atoms with van der Waals surface area (Å²) in [6.07, 6.45) is 1.30. The minimum atomic E-state index is -0.833. The summed E-state index contributed by atoms with van der Waals surface area (Å²) in [5.74, 6) is 0.0926. The summed E-state index contributed by atoms with van der Waals surface area (Å²) >= 11 is 0. The van der Waals surface area contributed by atoms with E-state index in [1.54, 1.807) is 13.0 Å². The van der Waals surface area contributed by atoms with Gasteiger partial charge in [-0.1, -0.05) is 0 Å². The Morgan fingerprint density at radius 3 is 2.18 bits per heavy atom. The Morgan fingerprint density at radius 1 is 1.64 bits per heavy atom. The molecule has 0 bridgehead atoms. The number of furan rings is 1. The zero-order valence-electron chi connectivity index (χ0n) is 6.37. The Bertz CT molecular complexity index is 206. The molecule has 0 atom stereocenters. The largest absolute Gasteiger partial charge is 0.505 e. The van der Waals surface area contributed by atoms with Gasteiger partial charge in [0.15, 0.2) is 5.75 Å². The van der Waals surface area contributed by atoms with Gasteiger partial charge in [-0.15, -0.1) is 0 Å². The Labute approximate surface area is 64.1 Å². The third-order valence-corrected chi connectivity index (χ3v) is 0.717. The minimum Gasteiger partial charge on any atom is -0.505 e. The molecule has 0 radical (unpaired) electrons. The number of hydrogen-bond donors (Lipinski definition) is 2. The van der Waals surface area contributed by atoms with Crippen molar-refractivity contribution >= 4 is 5.97 Å². The van der Waals surface area contributed by atoms with Crippen LogP contribution in [-0.4, -0.2) is 16.2 Å². The molecule has 0 aliphatic heterocycles. The van der Waals surface area contributed by atoms with Crippen molar-refractivity contribution in [2.75, 3.05) is 0 Å². The molecule has 0 spiro atoms. The van der Waals surface area contributed by atoms with Gasteiger partial charge in [0.2, 0.25) is 0 Å². The van der Waals surface area contributed by atoms with Crippen LogP contribution in [0.5, 0.6) is 5.75 Å². The summed E-state index contributed by atoms with van der Waals surface area (Å²) in [6, 6.07) is 1.56. The number of rotatable bonds is 0. The normalized spacial score (nSPS) is 8.18. The fraction of sp³-hybridized carbons (Fsp3) is 0.286. The molecule has 4 heteroatoms. The van der Waals surface area contributed by atoms with Crippen LogP contribution in [0.3, 0.4) is 0 Å². The lowest BCUT2D eigenvalue weighted by Crippen LogP contribution is -1.78. The van der Waals surface area contributed by atoms with Crippen LogP contribution in [0.25, 0.3) is 0 Å². The first-order valence-electron chi connectivity index (χ1n) is 2.96. The van der Waals surface area contributed by atoms with E-state index < -0.39 is 5.97 Å². The Morgan fingerprint density at radius 2 is 2.09 bits per heavy atom. The van der Waals surface area contributed by atoms with Gasteiger partial charge in [0.25, 0.3) is 5.97 Å². The van der Waals surface area contributed by atoms with Crippen molar-refractivity contribution in [3.63, 3.8) is 0 Å². The lowest BCUT2D eigenvalue weighted by atomic mass is 10.5. The van der Waals surface area contributed by atoms with Crippen LogP contribution in [0.1, 0.15) is 12.7 Å². The molecule has 1 heterocycles. The van der Waals surface area contributed by atoms with Crippen molar-refractivity contribution < 1.29 is 19.4 Å². The molecule has 0 saturated carbocycles. The fourth-order valence-corrected chi connectivity index (χ4v) is 0.430. The van der Waals surface area contributed by atoms with Crippen LogP contribution in [0.2, 0.25) is 0 Å². The van der Waals surface area contributed by atoms with Crippen LogP contribution in [0.4, 0.5) is 0 Å². The van der Waals surface area contributed by atoms with Crippen molar-refractivity contribution in [3.05, 3.63) is 18.1 Å². The summed E-state index contributed by atoms with van der Waals surface area (Å²) in [5, 5.41) is 16.0. The molecular formula is C7H10O4. The fourth-order valence-electron chi connectivity index (χ4n) is 0.430. The van der Waals surface area contributed by atoms with Gasteiger partial charge >= 0.3 is 0 Å². The number of hydrogen-bond acceptors (Lipinski definition) is 3. The molecule has 4 nitrogen and oxygen atoms in total. The van der Waals surface area contributed by atoms with E-state index in [4.69, 9.17) is 19.4 Å². The van der Waals surface area contributed by atoms with Crippen LogP contribution >= 0.6 is 0 Å². The number of aliphatic carboxylic acids is 1. The number of carboxylic acid groups (broad SMARTS) is 1. The third kappa shape index (κ3) is 6.44. The predicted octanol–water partition coefficient (Wildman–Crippen LogP) is 1.38. The van der Waals surface area contributed by atoms with Crippen molar-refractivity contribution in [2.24, 2.45) is 0 Å². The molecule has 11 heavy (non-hydrogen) atoms. The van der Waals surface area contributed by atoms with E-state index >= 15 is 0 Å². The maximum atomic E-state index is 9.00. The Hall–Kier alpha value is -1.45. The molecule has 1 rings (SSSR count). The zero-order chi connectivity index (χ0) is 8.85. The average Bonchev–Trinajstić information content (AvgIpc) is 2.13. The van der Waals surface area contributed by atoms with E-state index in [0.717, 1.165) is 12.7 Å². The van der Waals surface area contributed by atoms with E-state index in [-0.39, 0.29) is 5.75 Å². The Balaban J connectivity index is 0.000000218. The van der Waals surface area contributed by atoms with E-state index in [2.05, 4.69) is 0 Å². The Kier molecular flexibility index (Phi) is 3.80. The molecule has 0 amide bonds. The summed E-state index contributed by atoms with van der Waals surface area (Å²) in [5.41, 5.74) is 0. The molecule has 0 saturated heterocycles. The number of aromatic hydroxyl groups is 1. The monoisotopic (exact) mass is 158 g/mol. The molecule has 0 aromatic carbocycles. The number of aryl methyl sites for hydroxylation is 1. The lowest BCUT2D eigenvalue weighted by molar-refractivity contribution is -0.134. The summed E-state index contributed by atoms with van der Waals surface area (Å²) in [7, 11) is 0. The van der Waals surface area contributed by atoms with E-state index in [1.165, 1.54) is 6.26 Å². The zero-order valence-corrected chi connectivity index (χ0v) is 6.37. The van der Waals surface area contributed by atoms with Crippen molar-refractivity contribution in [1.29, 1.82) is 0 Å². The van der Waals surface area contributed by atoms with Crippen LogP contribution in [0, 0.1) is 6.92 Å². The van der Waals surface area contributed by atoms with Gasteiger partial charge in [0.1, 0.15) is 12.0 Å². The van der Waals surface area contributed by atoms with Gasteiger partial charge in [-0.25, -0.2) is 0 Å². The van der Waals surface area contributed by atoms with Gasteiger partial charge < -0.3 is 14.6 Å². The standard InChI is InChI=1S/C5H6O2.C2H4O2/c1-4-2-5(6)3-7-4;1-2(3)4/h2-3,6H,1H3;1H3,(H,3,4). The van der Waals surface area contributed by atoms with Crippen molar-refractivity contribution in [3.8, 4) is 5.75 Å². The van der Waals surface area contributed by atoms with Gasteiger partial charge in [-0.05, 0) is 6.92 Å². The smallest absolute Gasteiger partial charge is 0.300 e. The average molecular weight is 158 g/mol. The highest BCUT2D eigenvalue weighted by Gasteiger charge is 1.88. The van der Waals surface area contributed by atoms with E-state index in [1.807, 2.05) is 0 Å². The highest BCUT2D eigenvalue weighted by Crippen LogP contribution is 2.10. The quantitative estimate of drug-likeness (QED) is 0.598. The molecule has 0 aliphatic carbocycles. The summed E-state index contributed by atoms with van der Waals surface area (Å²) in [4.78, 5) is 9.00. The second-order valence-electron chi connectivity index (χ2n) is 1.93. The summed E-state index contributed by atoms with van der Waals surface area (Å²) < 4.78 is 4.71. The highest BCUT2D eigenvalue weighted by atomic mass is 16.4. The molecule has 0 fully saturated rings. The topological polar surface area (TPSA) is 70.7 Å². The van der Waals surface area contributed by atoms with Crippen molar-refractivity contribution in [1.82, 2.24) is 0 Å². The molecule has 1 aromatic heterocycles. The SMILES string of the molecule is CC(=O)O.Cc1cc(O)co1. The second kappa shape index (κ2) is 4.38. The number of carboxylic acids is 1. The van der Waals surface area contributed by atoms with Gasteiger partial charge in [-0.3, -0.25) is 4.79 Å². The molecule has 0 unspecified atom stereocenters. The first-order chi connectivity index (χ1) is 5.02. The number of carbonyl (C=O) groups is 1. The van der Waals surface area contributed by atoms with Gasteiger partial charge in [0, 0.05) is 13.0 Å². The maximum Gasteiger partial charge on any atom is 0.300 e. The van der Waals surface area contributed by atoms with E-state index in [9.17, 15) is 0 Å². The first-order valence-corrected chi connectivity index (χ1v) is 2.96. The van der Waals surface area contributed by atoms with Crippen LogP contribution in [0.15, 0.2) is 16.7 Å². The molecule has 2 N–H and O–H groups in total. The summed E-state index contributed by atoms with van der Waals surface area (Å²) in [6.45, 7) is 2.86. The first kappa shape index (κ1) is 9.55. The van der Waals surface area contributed by atoms with Gasteiger partial charge in [-0.2, -0.15) is 0 Å². The second-order valence-corrected chi connectivity index (χ2v) is 1.93. The molecular weight excluding hydrogens is 148 g/mol. The highest BCUT2D eigenvalue weighted by molar-refractivity contribution is 5.62. The minimum absolute atomic E-state index is 0.192. The van der Waals surface area contributed by atoms with E-state index in [0.29, 0.717) is 0 Å². The lowest BCUT2D eigenvalue weighted by Gasteiger charge is -1.68. The molecule has 0 aliphatic rings. The van der Waals surface area contributed by atoms with Crippen LogP contribution < -0.4 is 0 Å². The van der Waals surface area contributed by atoms with Gasteiger partial charge in [0.05, 0.1) is 0 Å².